The van der Waals surface area contributed by atoms with Crippen LogP contribution in [0.2, 0.25) is 0 Å². The van der Waals surface area contributed by atoms with Crippen LogP contribution in [-0.2, 0) is 4.74 Å². The first-order valence-corrected chi connectivity index (χ1v) is 7.20. The molecule has 0 saturated heterocycles. The van der Waals surface area contributed by atoms with Crippen LogP contribution >= 0.6 is 0 Å². The van der Waals surface area contributed by atoms with E-state index in [2.05, 4.69) is 6.58 Å². The van der Waals surface area contributed by atoms with Crippen molar-refractivity contribution in [3.63, 3.8) is 0 Å². The van der Waals surface area contributed by atoms with Crippen molar-refractivity contribution in [3.05, 3.63) is 12.8 Å². The maximum atomic E-state index is 9.50. The van der Waals surface area contributed by atoms with Gasteiger partial charge in [-0.1, -0.05) is 6.58 Å². The molecule has 0 spiro atoms. The lowest BCUT2D eigenvalue weighted by Gasteiger charge is -2.40. The molecule has 94 valence electrons. The lowest BCUT2D eigenvalue weighted by Crippen LogP contribution is -2.39. The number of aliphatic hydroxyl groups is 1. The molecule has 0 heterocycles. The van der Waals surface area contributed by atoms with Gasteiger partial charge in [-0.2, -0.15) is 0 Å². The zero-order valence-electron chi connectivity index (χ0n) is 10.3. The standard InChI is InChI=1S/C15H22O2/c1-2-17-13-6-9-5-12(13)15-11-4-8(14(9)15)3-10(11)7-16/h2,8-16H,1,3-7H2. The van der Waals surface area contributed by atoms with Crippen LogP contribution in [-0.4, -0.2) is 17.8 Å². The minimum atomic E-state index is 0.411. The highest BCUT2D eigenvalue weighted by Gasteiger charge is 2.64. The molecule has 0 radical (unpaired) electrons. The molecule has 0 amide bonds. The normalized spacial score (nSPS) is 58.4. The zero-order chi connectivity index (χ0) is 11.6. The molecule has 4 aliphatic carbocycles. The molecule has 17 heavy (non-hydrogen) atoms. The molecule has 4 saturated carbocycles. The smallest absolute Gasteiger partial charge is 0.101 e. The van der Waals surface area contributed by atoms with Crippen molar-refractivity contribution < 1.29 is 9.84 Å². The van der Waals surface area contributed by atoms with Crippen LogP contribution in [0.15, 0.2) is 12.8 Å². The molecule has 1 N–H and O–H groups in total. The van der Waals surface area contributed by atoms with Gasteiger partial charge in [-0.3, -0.25) is 0 Å². The summed E-state index contributed by atoms with van der Waals surface area (Å²) in [6.45, 7) is 4.12. The number of ether oxygens (including phenoxy) is 1. The minimum Gasteiger partial charge on any atom is -0.498 e. The van der Waals surface area contributed by atoms with E-state index >= 15 is 0 Å². The quantitative estimate of drug-likeness (QED) is 0.600. The molecule has 0 aromatic rings. The van der Waals surface area contributed by atoms with Crippen molar-refractivity contribution in [2.75, 3.05) is 6.61 Å². The van der Waals surface area contributed by atoms with Crippen LogP contribution in [0.3, 0.4) is 0 Å². The molecule has 0 aromatic heterocycles. The monoisotopic (exact) mass is 234 g/mol. The first-order chi connectivity index (χ1) is 8.33. The first-order valence-electron chi connectivity index (χ1n) is 7.20. The molecule has 2 nitrogen and oxygen atoms in total. The Labute approximate surface area is 103 Å². The molecule has 0 aromatic carbocycles. The number of rotatable bonds is 3. The molecule has 4 bridgehead atoms. The lowest BCUT2D eigenvalue weighted by molar-refractivity contribution is -0.00350. The fraction of sp³-hybridized carbons (Fsp3) is 0.867. The molecular formula is C15H22O2. The van der Waals surface area contributed by atoms with Crippen molar-refractivity contribution in [1.29, 1.82) is 0 Å². The van der Waals surface area contributed by atoms with E-state index in [0.29, 0.717) is 18.6 Å². The summed E-state index contributed by atoms with van der Waals surface area (Å²) in [5.74, 6) is 5.89. The van der Waals surface area contributed by atoms with Crippen molar-refractivity contribution in [1.82, 2.24) is 0 Å². The highest BCUT2D eigenvalue weighted by Crippen LogP contribution is 2.69. The second kappa shape index (κ2) is 3.50. The highest BCUT2D eigenvalue weighted by molar-refractivity contribution is 5.13. The Morgan fingerprint density at radius 2 is 1.82 bits per heavy atom. The summed E-state index contributed by atoms with van der Waals surface area (Å²) >= 11 is 0. The van der Waals surface area contributed by atoms with Gasteiger partial charge in [0, 0.05) is 6.61 Å². The van der Waals surface area contributed by atoms with Crippen molar-refractivity contribution >= 4 is 0 Å². The second-order valence-corrected chi connectivity index (χ2v) is 6.73. The molecule has 0 aliphatic heterocycles. The summed E-state index contributed by atoms with van der Waals surface area (Å²) in [4.78, 5) is 0. The van der Waals surface area contributed by atoms with Crippen LogP contribution in [0.5, 0.6) is 0 Å². The number of hydrogen-bond donors (Lipinski definition) is 1. The molecule has 2 heteroatoms. The summed E-state index contributed by atoms with van der Waals surface area (Å²) in [5, 5.41) is 9.50. The molecule has 4 rings (SSSR count). The van der Waals surface area contributed by atoms with Gasteiger partial charge in [0.25, 0.3) is 0 Å². The third-order valence-corrected chi connectivity index (χ3v) is 6.40. The second-order valence-electron chi connectivity index (χ2n) is 6.73. The van der Waals surface area contributed by atoms with Crippen LogP contribution in [0.4, 0.5) is 0 Å². The highest BCUT2D eigenvalue weighted by atomic mass is 16.5. The van der Waals surface area contributed by atoms with Crippen LogP contribution in [0.25, 0.3) is 0 Å². The van der Waals surface area contributed by atoms with Crippen LogP contribution < -0.4 is 0 Å². The molecule has 8 unspecified atom stereocenters. The van der Waals surface area contributed by atoms with Crippen molar-refractivity contribution in [2.45, 2.75) is 31.8 Å². The van der Waals surface area contributed by atoms with E-state index in [-0.39, 0.29) is 0 Å². The van der Waals surface area contributed by atoms with Gasteiger partial charge in [0.15, 0.2) is 0 Å². The molecule has 4 fully saturated rings. The van der Waals surface area contributed by atoms with Crippen LogP contribution in [0, 0.1) is 41.4 Å². The third-order valence-electron chi connectivity index (χ3n) is 6.40. The fourth-order valence-corrected chi connectivity index (χ4v) is 6.17. The maximum absolute atomic E-state index is 9.50. The lowest BCUT2D eigenvalue weighted by atomic mass is 9.67. The van der Waals surface area contributed by atoms with Crippen molar-refractivity contribution in [3.8, 4) is 0 Å². The Kier molecular flexibility index (Phi) is 2.15. The Hall–Kier alpha value is -0.500. The molecule has 8 atom stereocenters. The summed E-state index contributed by atoms with van der Waals surface area (Å²) in [7, 11) is 0. The van der Waals surface area contributed by atoms with E-state index < -0.39 is 0 Å². The number of aliphatic hydroxyl groups excluding tert-OH is 1. The first kappa shape index (κ1) is 10.4. The van der Waals surface area contributed by atoms with E-state index in [4.69, 9.17) is 4.74 Å². The average Bonchev–Trinajstić information content (AvgIpc) is 3.05. The van der Waals surface area contributed by atoms with Gasteiger partial charge in [-0.25, -0.2) is 0 Å². The van der Waals surface area contributed by atoms with Gasteiger partial charge in [0.05, 0.1) is 6.26 Å². The van der Waals surface area contributed by atoms with Gasteiger partial charge >= 0.3 is 0 Å². The summed E-state index contributed by atoms with van der Waals surface area (Å²) in [6, 6.07) is 0. The minimum absolute atomic E-state index is 0.411. The fourth-order valence-electron chi connectivity index (χ4n) is 6.17. The topological polar surface area (TPSA) is 29.5 Å². The third kappa shape index (κ3) is 1.20. The van der Waals surface area contributed by atoms with E-state index in [1.165, 1.54) is 25.7 Å². The zero-order valence-corrected chi connectivity index (χ0v) is 10.3. The van der Waals surface area contributed by atoms with E-state index in [0.717, 1.165) is 35.5 Å². The van der Waals surface area contributed by atoms with Gasteiger partial charge in [-0.15, -0.1) is 0 Å². The predicted molar refractivity (Wildman–Crippen MR) is 65.1 cm³/mol. The predicted octanol–water partition coefficient (Wildman–Crippen LogP) is 2.44. The Morgan fingerprint density at radius 3 is 2.59 bits per heavy atom. The average molecular weight is 234 g/mol. The largest absolute Gasteiger partial charge is 0.498 e. The van der Waals surface area contributed by atoms with Gasteiger partial charge in [0.1, 0.15) is 6.10 Å². The van der Waals surface area contributed by atoms with E-state index in [1.54, 1.807) is 6.26 Å². The van der Waals surface area contributed by atoms with Gasteiger partial charge in [-0.05, 0) is 67.1 Å². The summed E-state index contributed by atoms with van der Waals surface area (Å²) < 4.78 is 5.72. The van der Waals surface area contributed by atoms with Gasteiger partial charge in [0.2, 0.25) is 0 Å². The maximum Gasteiger partial charge on any atom is 0.101 e. The SMILES string of the molecule is C=COC1CC2CC1C1C3CC(CC3CO)C21. The Balaban J connectivity index is 1.60. The van der Waals surface area contributed by atoms with E-state index in [9.17, 15) is 5.11 Å². The Morgan fingerprint density at radius 1 is 1.06 bits per heavy atom. The van der Waals surface area contributed by atoms with Crippen LogP contribution in [0.1, 0.15) is 25.7 Å². The summed E-state index contributed by atoms with van der Waals surface area (Å²) in [6.07, 6.45) is 7.44. The number of hydrogen-bond acceptors (Lipinski definition) is 2. The molecule has 4 aliphatic rings. The Bertz CT molecular complexity index is 340. The van der Waals surface area contributed by atoms with Crippen molar-refractivity contribution in [2.24, 2.45) is 41.4 Å². The van der Waals surface area contributed by atoms with Gasteiger partial charge < -0.3 is 9.84 Å². The number of fused-ring (bicyclic) bond motifs is 9. The summed E-state index contributed by atoms with van der Waals surface area (Å²) in [5.41, 5.74) is 0. The van der Waals surface area contributed by atoms with E-state index in [1.807, 2.05) is 0 Å². The molecular weight excluding hydrogens is 212 g/mol.